The molecule has 0 aromatic carbocycles. The van der Waals surface area contributed by atoms with Gasteiger partial charge in [-0.15, -0.1) is 0 Å². The van der Waals surface area contributed by atoms with Crippen molar-refractivity contribution < 1.29 is 0 Å². The lowest BCUT2D eigenvalue weighted by Gasteiger charge is -1.93. The Bertz CT molecular complexity index is 228. The summed E-state index contributed by atoms with van der Waals surface area (Å²) in [5.41, 5.74) is 1.28. The minimum absolute atomic E-state index is 0.570. The van der Waals surface area contributed by atoms with Crippen molar-refractivity contribution in [3.63, 3.8) is 0 Å². The number of nitrogens with one attached hydrogen (secondary N) is 1. The SMILES string of the molecule is Brc1ccc([C@H]2CN2)cn1. The molecule has 10 heavy (non-hydrogen) atoms. The van der Waals surface area contributed by atoms with E-state index in [1.165, 1.54) is 5.56 Å². The molecular weight excluding hydrogens is 192 g/mol. The molecule has 1 aromatic rings. The summed E-state index contributed by atoms with van der Waals surface area (Å²) in [5, 5.41) is 3.21. The molecule has 1 aromatic heterocycles. The van der Waals surface area contributed by atoms with Gasteiger partial charge in [-0.2, -0.15) is 0 Å². The number of halogens is 1. The van der Waals surface area contributed by atoms with Crippen LogP contribution < -0.4 is 5.32 Å². The van der Waals surface area contributed by atoms with Gasteiger partial charge >= 0.3 is 0 Å². The highest BCUT2D eigenvalue weighted by Crippen LogP contribution is 2.20. The van der Waals surface area contributed by atoms with Gasteiger partial charge in [-0.1, -0.05) is 6.07 Å². The highest BCUT2D eigenvalue weighted by molar-refractivity contribution is 9.10. The average Bonchev–Trinajstić information content (AvgIpc) is 2.71. The molecule has 0 bridgehead atoms. The lowest BCUT2D eigenvalue weighted by Crippen LogP contribution is -1.84. The quantitative estimate of drug-likeness (QED) is 0.549. The summed E-state index contributed by atoms with van der Waals surface area (Å²) in [7, 11) is 0. The Balaban J connectivity index is 2.28. The Morgan fingerprint density at radius 3 is 2.90 bits per heavy atom. The standard InChI is InChI=1S/C7H7BrN2/c8-7-2-1-5(3-10-7)6-4-9-6/h1-3,6,9H,4H2/t6-/m1/s1. The summed E-state index contributed by atoms with van der Waals surface area (Å²) < 4.78 is 0.900. The summed E-state index contributed by atoms with van der Waals surface area (Å²) >= 11 is 3.28. The van der Waals surface area contributed by atoms with Crippen LogP contribution in [-0.2, 0) is 0 Å². The smallest absolute Gasteiger partial charge is 0.106 e. The summed E-state index contributed by atoms with van der Waals surface area (Å²) in [4.78, 5) is 4.12. The second-order valence-electron chi connectivity index (χ2n) is 2.38. The molecule has 1 saturated heterocycles. The van der Waals surface area contributed by atoms with E-state index in [4.69, 9.17) is 0 Å². The number of hydrogen-bond acceptors (Lipinski definition) is 2. The third-order valence-electron chi connectivity index (χ3n) is 1.56. The minimum atomic E-state index is 0.570. The highest BCUT2D eigenvalue weighted by atomic mass is 79.9. The number of aromatic nitrogens is 1. The monoisotopic (exact) mass is 198 g/mol. The summed E-state index contributed by atoms with van der Waals surface area (Å²) in [6, 6.07) is 4.62. The van der Waals surface area contributed by atoms with Crippen LogP contribution in [0.5, 0.6) is 0 Å². The van der Waals surface area contributed by atoms with Crippen LogP contribution in [0.15, 0.2) is 22.9 Å². The molecule has 0 spiro atoms. The van der Waals surface area contributed by atoms with Gasteiger partial charge in [-0.05, 0) is 27.6 Å². The van der Waals surface area contributed by atoms with Crippen molar-refractivity contribution in [3.05, 3.63) is 28.5 Å². The molecule has 1 fully saturated rings. The first-order valence-corrected chi connectivity index (χ1v) is 4.00. The maximum absolute atomic E-state index is 4.12. The van der Waals surface area contributed by atoms with Crippen LogP contribution in [-0.4, -0.2) is 11.5 Å². The van der Waals surface area contributed by atoms with E-state index in [0.29, 0.717) is 6.04 Å². The van der Waals surface area contributed by atoms with E-state index in [1.807, 2.05) is 12.3 Å². The molecule has 0 saturated carbocycles. The van der Waals surface area contributed by atoms with E-state index in [-0.39, 0.29) is 0 Å². The molecule has 2 heterocycles. The van der Waals surface area contributed by atoms with Crippen molar-refractivity contribution in [2.45, 2.75) is 6.04 Å². The molecular formula is C7H7BrN2. The topological polar surface area (TPSA) is 34.8 Å². The summed E-state index contributed by atoms with van der Waals surface area (Å²) in [5.74, 6) is 0. The molecule has 0 radical (unpaired) electrons. The molecule has 0 amide bonds. The second-order valence-corrected chi connectivity index (χ2v) is 3.19. The number of hydrogen-bond donors (Lipinski definition) is 1. The van der Waals surface area contributed by atoms with Gasteiger partial charge in [-0.3, -0.25) is 0 Å². The molecule has 2 nitrogen and oxygen atoms in total. The first-order chi connectivity index (χ1) is 4.86. The Labute approximate surface area is 67.8 Å². The predicted molar refractivity (Wildman–Crippen MR) is 42.7 cm³/mol. The first-order valence-electron chi connectivity index (χ1n) is 3.21. The largest absolute Gasteiger partial charge is 0.307 e. The van der Waals surface area contributed by atoms with Crippen LogP contribution in [0.1, 0.15) is 11.6 Å². The Morgan fingerprint density at radius 2 is 2.40 bits per heavy atom. The molecule has 1 aliphatic heterocycles. The van der Waals surface area contributed by atoms with E-state index >= 15 is 0 Å². The van der Waals surface area contributed by atoms with Crippen LogP contribution >= 0.6 is 15.9 Å². The van der Waals surface area contributed by atoms with Crippen LogP contribution in [0.2, 0.25) is 0 Å². The molecule has 3 heteroatoms. The highest BCUT2D eigenvalue weighted by Gasteiger charge is 2.21. The van der Waals surface area contributed by atoms with Crippen LogP contribution in [0, 0.1) is 0 Å². The molecule has 1 atom stereocenters. The van der Waals surface area contributed by atoms with Crippen LogP contribution in [0.25, 0.3) is 0 Å². The zero-order valence-electron chi connectivity index (χ0n) is 5.34. The molecule has 2 rings (SSSR count). The van der Waals surface area contributed by atoms with Crippen molar-refractivity contribution in [2.75, 3.05) is 6.54 Å². The molecule has 1 N–H and O–H groups in total. The van der Waals surface area contributed by atoms with Crippen LogP contribution in [0.3, 0.4) is 0 Å². The van der Waals surface area contributed by atoms with Crippen molar-refractivity contribution in [1.29, 1.82) is 0 Å². The van der Waals surface area contributed by atoms with Gasteiger partial charge in [0.15, 0.2) is 0 Å². The van der Waals surface area contributed by atoms with Gasteiger partial charge in [0.2, 0.25) is 0 Å². The Kier molecular flexibility index (Phi) is 1.47. The van der Waals surface area contributed by atoms with Gasteiger partial charge in [0.25, 0.3) is 0 Å². The number of rotatable bonds is 1. The Morgan fingerprint density at radius 1 is 1.60 bits per heavy atom. The normalized spacial score (nSPS) is 22.7. The number of nitrogens with zero attached hydrogens (tertiary/aromatic N) is 1. The first kappa shape index (κ1) is 6.31. The Hall–Kier alpha value is -0.410. The molecule has 0 aliphatic carbocycles. The predicted octanol–water partition coefficient (Wildman–Crippen LogP) is 1.49. The van der Waals surface area contributed by atoms with Gasteiger partial charge in [0.1, 0.15) is 4.60 Å². The van der Waals surface area contributed by atoms with E-state index in [2.05, 4.69) is 32.3 Å². The summed E-state index contributed by atoms with van der Waals surface area (Å²) in [6.45, 7) is 1.10. The second kappa shape index (κ2) is 2.32. The minimum Gasteiger partial charge on any atom is -0.307 e. The zero-order chi connectivity index (χ0) is 6.97. The fourth-order valence-electron chi connectivity index (χ4n) is 0.888. The molecule has 1 aliphatic rings. The van der Waals surface area contributed by atoms with Crippen molar-refractivity contribution in [2.24, 2.45) is 0 Å². The third-order valence-corrected chi connectivity index (χ3v) is 2.03. The average molecular weight is 199 g/mol. The zero-order valence-corrected chi connectivity index (χ0v) is 6.93. The van der Waals surface area contributed by atoms with E-state index < -0.39 is 0 Å². The lowest BCUT2D eigenvalue weighted by molar-refractivity contribution is 1.05. The molecule has 0 unspecified atom stereocenters. The van der Waals surface area contributed by atoms with E-state index in [9.17, 15) is 0 Å². The maximum atomic E-state index is 4.12. The molecule has 52 valence electrons. The fraction of sp³-hybridized carbons (Fsp3) is 0.286. The van der Waals surface area contributed by atoms with Gasteiger partial charge in [-0.25, -0.2) is 4.98 Å². The van der Waals surface area contributed by atoms with Crippen molar-refractivity contribution in [3.8, 4) is 0 Å². The van der Waals surface area contributed by atoms with Crippen LogP contribution in [0.4, 0.5) is 0 Å². The summed E-state index contributed by atoms with van der Waals surface area (Å²) in [6.07, 6.45) is 1.90. The fourth-order valence-corrected chi connectivity index (χ4v) is 1.12. The maximum Gasteiger partial charge on any atom is 0.106 e. The van der Waals surface area contributed by atoms with Crippen molar-refractivity contribution in [1.82, 2.24) is 10.3 Å². The van der Waals surface area contributed by atoms with Gasteiger partial charge in [0, 0.05) is 18.8 Å². The van der Waals surface area contributed by atoms with E-state index in [0.717, 1.165) is 11.1 Å². The number of pyridine rings is 1. The lowest BCUT2D eigenvalue weighted by atomic mass is 10.2. The van der Waals surface area contributed by atoms with E-state index in [1.54, 1.807) is 0 Å². The van der Waals surface area contributed by atoms with Gasteiger partial charge < -0.3 is 5.32 Å². The third kappa shape index (κ3) is 1.20. The van der Waals surface area contributed by atoms with Gasteiger partial charge in [0.05, 0.1) is 0 Å². The van der Waals surface area contributed by atoms with Crippen molar-refractivity contribution >= 4 is 15.9 Å².